The Hall–Kier alpha value is -8.97. The van der Waals surface area contributed by atoms with Crippen LogP contribution in [0.2, 0.25) is 5.02 Å². The molecule has 22 nitrogen and oxygen atoms in total. The first-order valence-corrected chi connectivity index (χ1v) is 32.3. The zero-order chi connectivity index (χ0) is 66.1. The third kappa shape index (κ3) is 9.86. The van der Waals surface area contributed by atoms with Crippen molar-refractivity contribution in [2.24, 2.45) is 0 Å². The number of nitrogens with two attached hydrogens (primary N) is 1. The number of esters is 2. The molecule has 6 atom stereocenters. The van der Waals surface area contributed by atoms with Crippen molar-refractivity contribution in [1.29, 1.82) is 5.26 Å². The number of pyridine rings is 2. The molecule has 3 amide bonds. The topological polar surface area (TPSA) is 278 Å². The van der Waals surface area contributed by atoms with Crippen LogP contribution in [0.5, 0.6) is 6.01 Å². The highest BCUT2D eigenvalue weighted by Crippen LogP contribution is 2.50. The second kappa shape index (κ2) is 23.5. The Morgan fingerprint density at radius 1 is 1.01 bits per heavy atom. The number of alkyl halides is 1. The highest BCUT2D eigenvalue weighted by molar-refractivity contribution is 7.23. The number of benzene rings is 3. The molecule has 1 aliphatic carbocycles. The van der Waals surface area contributed by atoms with Crippen molar-refractivity contribution >= 4 is 95.5 Å². The number of aryl methyl sites for hydroxylation is 1. The molecule has 0 radical (unpaired) electrons. The molecule has 6 unspecified atom stereocenters. The van der Waals surface area contributed by atoms with Gasteiger partial charge in [-0.25, -0.2) is 36.9 Å². The summed E-state index contributed by atoms with van der Waals surface area (Å²) in [5.74, 6) is -4.99. The fourth-order valence-corrected chi connectivity index (χ4v) is 16.6. The van der Waals surface area contributed by atoms with E-state index in [-0.39, 0.29) is 158 Å². The highest BCUT2D eigenvalue weighted by Gasteiger charge is 2.53. The lowest BCUT2D eigenvalue weighted by molar-refractivity contribution is -0.191. The van der Waals surface area contributed by atoms with Crippen LogP contribution >= 0.6 is 22.9 Å². The van der Waals surface area contributed by atoms with Crippen molar-refractivity contribution in [3.63, 3.8) is 0 Å². The summed E-state index contributed by atoms with van der Waals surface area (Å²) in [5, 5.41) is 23.5. The number of hydrogen-bond donors (Lipinski definition) is 3. The number of nitrogen functional groups attached to an aromatic ring is 1. The minimum Gasteiger partial charge on any atom is -0.461 e. The monoisotopic (exact) mass is 1330 g/mol. The third-order valence-electron chi connectivity index (χ3n) is 20.0. The number of halogens is 5. The second-order valence-electron chi connectivity index (χ2n) is 25.2. The van der Waals surface area contributed by atoms with E-state index in [0.717, 1.165) is 28.7 Å². The van der Waals surface area contributed by atoms with Crippen LogP contribution in [0.1, 0.15) is 104 Å². The van der Waals surface area contributed by atoms with Crippen LogP contribution in [-0.2, 0) is 58.6 Å². The lowest BCUT2D eigenvalue weighted by Crippen LogP contribution is -2.54. The molecular formula is C66H62ClF4N11O11S. The van der Waals surface area contributed by atoms with Gasteiger partial charge in [-0.15, -0.1) is 11.3 Å². The fraction of sp³-hybridized carbons (Fsp3) is 0.424. The molecule has 0 saturated carbocycles. The first-order valence-electron chi connectivity index (χ1n) is 31.1. The van der Waals surface area contributed by atoms with E-state index in [0.29, 0.717) is 59.9 Å². The van der Waals surface area contributed by atoms with Gasteiger partial charge >= 0.3 is 24.0 Å². The van der Waals surface area contributed by atoms with Gasteiger partial charge in [0.2, 0.25) is 11.5 Å². The van der Waals surface area contributed by atoms with E-state index in [1.165, 1.54) is 27.7 Å². The van der Waals surface area contributed by atoms with Gasteiger partial charge in [-0.1, -0.05) is 31.2 Å². The van der Waals surface area contributed by atoms with Crippen molar-refractivity contribution in [3.8, 4) is 34.6 Å². The van der Waals surface area contributed by atoms with E-state index < -0.39 is 108 Å². The van der Waals surface area contributed by atoms with Crippen molar-refractivity contribution in [2.45, 2.75) is 121 Å². The average Bonchev–Trinajstić information content (AvgIpc) is 1.47. The number of carbonyl (C=O) groups is 5. The van der Waals surface area contributed by atoms with Gasteiger partial charge < -0.3 is 49.5 Å². The number of carbonyl (C=O) groups excluding carboxylic acids is 5. The highest BCUT2D eigenvalue weighted by atomic mass is 35.5. The average molecular weight is 1330 g/mol. The smallest absolute Gasteiger partial charge is 0.410 e. The number of rotatable bonds is 13. The number of amides is 3. The van der Waals surface area contributed by atoms with Crippen molar-refractivity contribution in [1.82, 2.24) is 39.5 Å². The molecular weight excluding hydrogens is 1270 g/mol. The van der Waals surface area contributed by atoms with E-state index >= 15 is 13.2 Å². The number of aliphatic hydroxyl groups excluding tert-OH is 1. The number of ether oxygens (including phenoxy) is 4. The summed E-state index contributed by atoms with van der Waals surface area (Å²) in [6.07, 6.45) is 0.717. The van der Waals surface area contributed by atoms with Crippen LogP contribution in [0.25, 0.3) is 54.4 Å². The van der Waals surface area contributed by atoms with Gasteiger partial charge in [0.15, 0.2) is 5.82 Å². The molecule has 0 bridgehead atoms. The van der Waals surface area contributed by atoms with E-state index in [9.17, 15) is 43.5 Å². The molecule has 4 aromatic heterocycles. The van der Waals surface area contributed by atoms with Crippen molar-refractivity contribution in [2.75, 3.05) is 69.7 Å². The number of thiophene rings is 1. The van der Waals surface area contributed by atoms with E-state index in [4.69, 9.17) is 46.3 Å². The Morgan fingerprint density at radius 3 is 2.59 bits per heavy atom. The molecule has 3 aromatic carbocycles. The third-order valence-corrected chi connectivity index (χ3v) is 21.3. The van der Waals surface area contributed by atoms with E-state index in [2.05, 4.69) is 21.8 Å². The number of nitriles is 1. The van der Waals surface area contributed by atoms with Crippen LogP contribution in [0, 0.1) is 35.7 Å². The molecule has 6 aliphatic heterocycles. The number of cyclic esters (lactones) is 1. The molecule has 7 aromatic rings. The van der Waals surface area contributed by atoms with Crippen LogP contribution in [-0.4, -0.2) is 152 Å². The number of piperazine rings is 1. The van der Waals surface area contributed by atoms with Crippen molar-refractivity contribution in [3.05, 3.63) is 114 Å². The Balaban J connectivity index is 0.684. The zero-order valence-electron chi connectivity index (χ0n) is 51.3. The number of hydrogen-bond acceptors (Lipinski definition) is 19. The van der Waals surface area contributed by atoms with Crippen LogP contribution < -0.4 is 26.2 Å². The summed E-state index contributed by atoms with van der Waals surface area (Å²) in [5.41, 5.74) is 5.62. The number of fused-ring (bicyclic) bond motifs is 8. The summed E-state index contributed by atoms with van der Waals surface area (Å²) in [6.45, 7) is 8.46. The maximum absolute atomic E-state index is 17.6. The largest absolute Gasteiger partial charge is 0.461 e. The summed E-state index contributed by atoms with van der Waals surface area (Å²) in [6, 6.07) is 6.16. The van der Waals surface area contributed by atoms with Gasteiger partial charge in [0.05, 0.1) is 55.9 Å². The number of nitrogens with one attached hydrogen (secondary N) is 1. The molecule has 4 fully saturated rings. The molecule has 14 rings (SSSR count). The van der Waals surface area contributed by atoms with E-state index in [1.54, 1.807) is 19.9 Å². The predicted molar refractivity (Wildman–Crippen MR) is 336 cm³/mol. The molecule has 94 heavy (non-hydrogen) atoms. The number of anilines is 2. The maximum Gasteiger partial charge on any atom is 0.410 e. The molecule has 0 spiro atoms. The molecule has 10 heterocycles. The maximum atomic E-state index is 17.6. The lowest BCUT2D eigenvalue weighted by Gasteiger charge is -2.41. The van der Waals surface area contributed by atoms with Gasteiger partial charge in [0, 0.05) is 89.7 Å². The molecule has 28 heteroatoms. The van der Waals surface area contributed by atoms with Crippen LogP contribution in [0.3, 0.4) is 0 Å². The standard InChI is InChI=1S/C66H62ClF4N11O11S/c1-5-66(40-19-47-54-38(25-82(47)60(86)39(40)28-90-62(66)88)52-44(74-48(84)26-83)12-10-34-32(4)43(70)20-45(75-54)51(34)52)93-61(87)46-8-6-15-81(46)64(89)91-27-30(2)59(85)78-16-17-80(31(3)23-78)58-36-18-41(67)50(35-9-11-42(69)56-49(35)37(22-72)57(73)94-56)53(71)55(36)76-63(77-58)92-29-65-13-7-14-79(65)24-33(68)21-65/h9,11,18-20,31,33,44,46,83H,2,5-8,10,12-17,21,23-29,73H2,1,3-4H3,(H,74,84). The number of aliphatic hydroxyl groups is 1. The number of nitrogens with zero attached hydrogens (tertiary/aromatic N) is 9. The fourth-order valence-electron chi connectivity index (χ4n) is 15.4. The summed E-state index contributed by atoms with van der Waals surface area (Å²) < 4.78 is 88.6. The Kier molecular flexibility index (Phi) is 15.6. The lowest BCUT2D eigenvalue weighted by atomic mass is 9.81. The minimum absolute atomic E-state index is 0.00647. The normalized spacial score (nSPS) is 22.9. The second-order valence-corrected chi connectivity index (χ2v) is 26.7. The van der Waals surface area contributed by atoms with Crippen LogP contribution in [0.15, 0.2) is 47.3 Å². The first kappa shape index (κ1) is 62.5. The quantitative estimate of drug-likeness (QED) is 0.0424. The summed E-state index contributed by atoms with van der Waals surface area (Å²) >= 11 is 7.85. The molecule has 4 N–H and O–H groups in total. The van der Waals surface area contributed by atoms with Gasteiger partial charge in [-0.2, -0.15) is 15.2 Å². The van der Waals surface area contributed by atoms with Gasteiger partial charge in [-0.05, 0) is 106 Å². The van der Waals surface area contributed by atoms with Gasteiger partial charge in [0.25, 0.3) is 11.5 Å². The van der Waals surface area contributed by atoms with Gasteiger partial charge in [0.1, 0.15) is 72.7 Å². The Morgan fingerprint density at radius 2 is 1.82 bits per heavy atom. The van der Waals surface area contributed by atoms with Crippen molar-refractivity contribution < 1.29 is 65.6 Å². The van der Waals surface area contributed by atoms with Crippen LogP contribution in [0.4, 0.5) is 33.2 Å². The number of likely N-dealkylation sites (tertiary alicyclic amines) is 1. The Labute approximate surface area is 542 Å². The minimum atomic E-state index is -2.18. The summed E-state index contributed by atoms with van der Waals surface area (Å²) in [7, 11) is 0. The SMILES string of the molecule is C=C(COC(=O)N1CCCC1C(=O)OC1(CC)C(=O)OCc2c1cc1n(c2=O)Cc2c-1nc1cc(F)c(C)c3c1c2C(NC(=O)CO)CC3)C(=O)N1CCN(c2nc(OCC34CCCN3CC(F)C4)nc3c(F)c(-c4ccc(F)c5sc(N)c(C#N)c45)c(Cl)cc23)C(C)C1. The van der Waals surface area contributed by atoms with E-state index in [1.807, 2.05) is 17.9 Å². The predicted octanol–water partition coefficient (Wildman–Crippen LogP) is 8.23. The first-order chi connectivity index (χ1) is 45.1. The Bertz CT molecular complexity index is 4620. The summed E-state index contributed by atoms with van der Waals surface area (Å²) in [4.78, 5) is 105. The zero-order valence-corrected chi connectivity index (χ0v) is 52.8. The molecule has 488 valence electrons. The number of aromatic nitrogens is 4. The van der Waals surface area contributed by atoms with Gasteiger partial charge in [-0.3, -0.25) is 24.2 Å². The molecule has 4 saturated heterocycles. The molecule has 7 aliphatic rings.